The highest BCUT2D eigenvalue weighted by atomic mass is 35.5. The van der Waals surface area contributed by atoms with Crippen LogP contribution in [0.3, 0.4) is 0 Å². The van der Waals surface area contributed by atoms with Gasteiger partial charge in [-0.3, -0.25) is 14.5 Å². The molecule has 1 atom stereocenters. The highest BCUT2D eigenvalue weighted by molar-refractivity contribution is 7.90. The predicted molar refractivity (Wildman–Crippen MR) is 155 cm³/mol. The molecule has 1 unspecified atom stereocenters. The van der Waals surface area contributed by atoms with Crippen LogP contribution < -0.4 is 20.1 Å². The maximum atomic E-state index is 13.3. The van der Waals surface area contributed by atoms with Gasteiger partial charge in [-0.15, -0.1) is 0 Å². The number of amides is 2. The van der Waals surface area contributed by atoms with Crippen LogP contribution in [0.4, 0.5) is 11.4 Å². The molecule has 0 saturated carbocycles. The fourth-order valence-electron chi connectivity index (χ4n) is 5.25. The van der Waals surface area contributed by atoms with Crippen LogP contribution in [0.25, 0.3) is 0 Å². The third-order valence-electron chi connectivity index (χ3n) is 7.43. The van der Waals surface area contributed by atoms with E-state index in [1.165, 1.54) is 0 Å². The van der Waals surface area contributed by atoms with Crippen molar-refractivity contribution in [3.63, 3.8) is 0 Å². The average Bonchev–Trinajstić information content (AvgIpc) is 3.42. The lowest BCUT2D eigenvalue weighted by atomic mass is 10.1. The van der Waals surface area contributed by atoms with Crippen LogP contribution in [-0.2, 0) is 26.9 Å². The minimum atomic E-state index is -3.64. The maximum absolute atomic E-state index is 13.3. The van der Waals surface area contributed by atoms with Crippen molar-refractivity contribution in [2.75, 3.05) is 49.4 Å². The number of carbonyl (C=O) groups is 2. The summed E-state index contributed by atoms with van der Waals surface area (Å²) in [5.74, 6) is 0.282. The molecule has 214 valence electrons. The topological polar surface area (TPSA) is 117 Å². The zero-order valence-corrected chi connectivity index (χ0v) is 23.7. The van der Waals surface area contributed by atoms with Crippen LogP contribution in [0.2, 0.25) is 5.02 Å². The number of piperazine rings is 1. The van der Waals surface area contributed by atoms with Crippen molar-refractivity contribution < 1.29 is 27.5 Å². The van der Waals surface area contributed by atoms with Gasteiger partial charge >= 0.3 is 0 Å². The number of ether oxygens (including phenoxy) is 2. The number of fused-ring (bicyclic) bond motifs is 2. The number of nitrogens with one attached hydrogen (secondary N) is 2. The molecule has 0 aromatic heterocycles. The second-order valence-electron chi connectivity index (χ2n) is 10.3. The van der Waals surface area contributed by atoms with Gasteiger partial charge in [-0.25, -0.2) is 8.42 Å². The number of carbonyl (C=O) groups excluding carboxylic acids is 2. The van der Waals surface area contributed by atoms with Gasteiger partial charge in [0, 0.05) is 43.3 Å². The van der Waals surface area contributed by atoms with Crippen molar-refractivity contribution >= 4 is 44.6 Å². The molecule has 0 aliphatic carbocycles. The molecule has 3 aliphatic rings. The first-order valence-corrected chi connectivity index (χ1v) is 15.5. The normalized spacial score (nSPS) is 18.4. The Kier molecular flexibility index (Phi) is 7.50. The van der Waals surface area contributed by atoms with Crippen molar-refractivity contribution in [2.45, 2.75) is 18.3 Å². The molecule has 3 heterocycles. The SMILES string of the molecule is O=C1Nc2cc(C(=O)N3CCN(Cc4ccc5c(c4)OCO5)CC3)ccc2NC1CS(=O)(=O)Cc1ccccc1Cl. The van der Waals surface area contributed by atoms with Crippen LogP contribution >= 0.6 is 11.6 Å². The van der Waals surface area contributed by atoms with E-state index in [4.69, 9.17) is 21.1 Å². The number of hydrogen-bond acceptors (Lipinski definition) is 8. The quantitative estimate of drug-likeness (QED) is 0.426. The minimum absolute atomic E-state index is 0.116. The van der Waals surface area contributed by atoms with Crippen LogP contribution in [0.15, 0.2) is 60.7 Å². The van der Waals surface area contributed by atoms with E-state index in [9.17, 15) is 18.0 Å². The predicted octanol–water partition coefficient (Wildman–Crippen LogP) is 3.37. The van der Waals surface area contributed by atoms with Crippen molar-refractivity contribution in [3.05, 3.63) is 82.4 Å². The zero-order valence-electron chi connectivity index (χ0n) is 22.1. The van der Waals surface area contributed by atoms with Crippen LogP contribution in [0, 0.1) is 0 Å². The van der Waals surface area contributed by atoms with Gasteiger partial charge in [0.05, 0.1) is 22.9 Å². The standard InChI is InChI=1S/C29H29ClN4O6S/c30-22-4-2-1-3-21(22)16-41(37,38)17-25-28(35)32-24-14-20(6-7-23(24)31-25)29(36)34-11-9-33(10-12-34)15-19-5-8-26-27(13-19)40-18-39-26/h1-8,13-14,25,31H,9-12,15-18H2,(H,32,35). The Morgan fingerprint density at radius 3 is 2.54 bits per heavy atom. The third kappa shape index (κ3) is 6.12. The van der Waals surface area contributed by atoms with E-state index >= 15 is 0 Å². The Bertz CT molecular complexity index is 1610. The molecule has 1 saturated heterocycles. The second-order valence-corrected chi connectivity index (χ2v) is 12.9. The Balaban J connectivity index is 1.05. The van der Waals surface area contributed by atoms with E-state index in [-0.39, 0.29) is 24.2 Å². The van der Waals surface area contributed by atoms with Gasteiger partial charge in [-0.05, 0) is 47.5 Å². The van der Waals surface area contributed by atoms with Crippen LogP contribution in [-0.4, -0.2) is 74.8 Å². The Morgan fingerprint density at radius 2 is 1.73 bits per heavy atom. The molecule has 0 radical (unpaired) electrons. The first-order valence-electron chi connectivity index (χ1n) is 13.3. The molecular weight excluding hydrogens is 568 g/mol. The summed E-state index contributed by atoms with van der Waals surface area (Å²) in [6.45, 7) is 3.62. The molecule has 3 aromatic rings. The Labute approximate surface area is 243 Å². The molecule has 3 aromatic carbocycles. The van der Waals surface area contributed by atoms with E-state index in [1.807, 2.05) is 18.2 Å². The zero-order chi connectivity index (χ0) is 28.6. The first kappa shape index (κ1) is 27.4. The molecule has 6 rings (SSSR count). The lowest BCUT2D eigenvalue weighted by Gasteiger charge is -2.35. The highest BCUT2D eigenvalue weighted by Crippen LogP contribution is 2.33. The number of anilines is 2. The first-order chi connectivity index (χ1) is 19.7. The Morgan fingerprint density at radius 1 is 0.951 bits per heavy atom. The largest absolute Gasteiger partial charge is 0.454 e. The van der Waals surface area contributed by atoms with E-state index < -0.39 is 21.8 Å². The van der Waals surface area contributed by atoms with Crippen molar-refractivity contribution in [3.8, 4) is 11.5 Å². The summed E-state index contributed by atoms with van der Waals surface area (Å²) < 4.78 is 36.5. The van der Waals surface area contributed by atoms with Gasteiger partial charge in [-0.2, -0.15) is 0 Å². The molecule has 12 heteroatoms. The maximum Gasteiger partial charge on any atom is 0.254 e. The summed E-state index contributed by atoms with van der Waals surface area (Å²) in [6.07, 6.45) is 0. The summed E-state index contributed by atoms with van der Waals surface area (Å²) in [7, 11) is -3.64. The summed E-state index contributed by atoms with van der Waals surface area (Å²) in [6, 6.07) is 16.7. The monoisotopic (exact) mass is 596 g/mol. The van der Waals surface area contributed by atoms with Gasteiger partial charge in [0.25, 0.3) is 5.91 Å². The van der Waals surface area contributed by atoms with E-state index in [2.05, 4.69) is 15.5 Å². The van der Waals surface area contributed by atoms with E-state index in [1.54, 1.807) is 47.4 Å². The number of hydrogen-bond donors (Lipinski definition) is 2. The minimum Gasteiger partial charge on any atom is -0.454 e. The lowest BCUT2D eigenvalue weighted by Crippen LogP contribution is -2.48. The van der Waals surface area contributed by atoms with Gasteiger partial charge < -0.3 is 25.0 Å². The van der Waals surface area contributed by atoms with Crippen LogP contribution in [0.5, 0.6) is 11.5 Å². The Hall–Kier alpha value is -3.80. The highest BCUT2D eigenvalue weighted by Gasteiger charge is 2.31. The van der Waals surface area contributed by atoms with Crippen molar-refractivity contribution in [2.24, 2.45) is 0 Å². The van der Waals surface area contributed by atoms with Gasteiger partial charge in [0.2, 0.25) is 12.7 Å². The fourth-order valence-corrected chi connectivity index (χ4v) is 7.12. The number of halogens is 1. The van der Waals surface area contributed by atoms with Crippen LogP contribution in [0.1, 0.15) is 21.5 Å². The molecule has 3 aliphatic heterocycles. The summed E-state index contributed by atoms with van der Waals surface area (Å²) in [5, 5.41) is 6.16. The molecular formula is C29H29ClN4O6S. The molecule has 1 fully saturated rings. The summed E-state index contributed by atoms with van der Waals surface area (Å²) >= 11 is 6.12. The number of rotatable bonds is 7. The number of benzene rings is 3. The van der Waals surface area contributed by atoms with Crippen molar-refractivity contribution in [1.29, 1.82) is 0 Å². The molecule has 2 amide bonds. The van der Waals surface area contributed by atoms with Gasteiger partial charge in [-0.1, -0.05) is 35.9 Å². The molecule has 0 spiro atoms. The third-order valence-corrected chi connectivity index (χ3v) is 9.39. The van der Waals surface area contributed by atoms with Gasteiger partial charge in [0.1, 0.15) is 6.04 Å². The van der Waals surface area contributed by atoms with E-state index in [0.29, 0.717) is 40.6 Å². The fraction of sp³-hybridized carbons (Fsp3) is 0.310. The molecule has 41 heavy (non-hydrogen) atoms. The van der Waals surface area contributed by atoms with Crippen molar-refractivity contribution in [1.82, 2.24) is 9.80 Å². The number of nitrogens with zero attached hydrogens (tertiary/aromatic N) is 2. The lowest BCUT2D eigenvalue weighted by molar-refractivity contribution is -0.116. The van der Waals surface area contributed by atoms with Gasteiger partial charge in [0.15, 0.2) is 21.3 Å². The summed E-state index contributed by atoms with van der Waals surface area (Å²) in [5.41, 5.74) is 3.08. The van der Waals surface area contributed by atoms with E-state index in [0.717, 1.165) is 36.7 Å². The summed E-state index contributed by atoms with van der Waals surface area (Å²) in [4.78, 5) is 30.2. The molecule has 0 bridgehead atoms. The smallest absolute Gasteiger partial charge is 0.254 e. The second kappa shape index (κ2) is 11.2. The number of sulfone groups is 1. The molecule has 10 nitrogen and oxygen atoms in total. The molecule has 2 N–H and O–H groups in total. The average molecular weight is 597 g/mol.